The molecular weight excluding hydrogens is 791 g/mol. The number of aromatic amines is 1. The van der Waals surface area contributed by atoms with Gasteiger partial charge in [0.25, 0.3) is 0 Å². The third kappa shape index (κ3) is 7.81. The molecule has 9 rings (SSSR count). The molecule has 0 radical (unpaired) electrons. The van der Waals surface area contributed by atoms with E-state index in [-0.39, 0.29) is 35.7 Å². The molecule has 12 heteroatoms. The molecule has 2 fully saturated rings. The van der Waals surface area contributed by atoms with Crippen LogP contribution in [0.3, 0.4) is 0 Å². The number of carbonyl (C=O) groups excluding carboxylic acids is 3. The summed E-state index contributed by atoms with van der Waals surface area (Å²) in [5.41, 5.74) is 15.2. The Kier molecular flexibility index (Phi) is 11.5. The van der Waals surface area contributed by atoms with Crippen molar-refractivity contribution in [3.63, 3.8) is 0 Å². The number of fused-ring (bicyclic) bond motifs is 6. The van der Waals surface area contributed by atoms with E-state index >= 15 is 0 Å². The molecule has 2 saturated heterocycles. The van der Waals surface area contributed by atoms with Crippen molar-refractivity contribution in [1.82, 2.24) is 25.1 Å². The van der Waals surface area contributed by atoms with Crippen molar-refractivity contribution in [2.24, 2.45) is 22.6 Å². The molecule has 5 atom stereocenters. The highest BCUT2D eigenvalue weighted by molar-refractivity contribution is 6.09. The molecule has 5 aromatic carbocycles. The Hall–Kier alpha value is -6.55. The Bertz CT molecular complexity index is 2860. The highest BCUT2D eigenvalue weighted by Crippen LogP contribution is 2.41. The average Bonchev–Trinajstić information content (AvgIpc) is 4.13. The number of methoxy groups -OCH3 is 2. The number of ether oxygens (including phenoxy) is 2. The van der Waals surface area contributed by atoms with E-state index in [2.05, 4.69) is 76.7 Å². The molecule has 12 nitrogen and oxygen atoms in total. The fourth-order valence-corrected chi connectivity index (χ4v) is 9.92. The zero-order valence-corrected chi connectivity index (χ0v) is 36.4. The minimum atomic E-state index is -0.747. The van der Waals surface area contributed by atoms with Crippen molar-refractivity contribution in [1.29, 1.82) is 0 Å². The van der Waals surface area contributed by atoms with E-state index in [0.717, 1.165) is 91.3 Å². The van der Waals surface area contributed by atoms with Gasteiger partial charge in [-0.3, -0.25) is 14.6 Å². The lowest BCUT2D eigenvalue weighted by molar-refractivity contribution is -0.135. The van der Waals surface area contributed by atoms with Crippen LogP contribution >= 0.6 is 0 Å². The van der Waals surface area contributed by atoms with Crippen LogP contribution in [0.1, 0.15) is 74.6 Å². The first-order valence-corrected chi connectivity index (χ1v) is 21.8. The summed E-state index contributed by atoms with van der Waals surface area (Å²) < 4.78 is 10.4. The van der Waals surface area contributed by atoms with Gasteiger partial charge >= 0.3 is 6.09 Å². The van der Waals surface area contributed by atoms with Gasteiger partial charge < -0.3 is 35.3 Å². The predicted molar refractivity (Wildman–Crippen MR) is 247 cm³/mol. The lowest BCUT2D eigenvalue weighted by atomic mass is 9.93. The molecule has 4 N–H and O–H groups in total. The molecule has 3 amide bonds. The number of aliphatic imine (C=N–C) groups is 1. The molecule has 3 aliphatic heterocycles. The van der Waals surface area contributed by atoms with E-state index in [1.807, 2.05) is 60.9 Å². The van der Waals surface area contributed by atoms with E-state index in [1.54, 1.807) is 7.11 Å². The minimum Gasteiger partial charge on any atom is -0.453 e. The summed E-state index contributed by atoms with van der Waals surface area (Å²) in [4.78, 5) is 57.6. The summed E-state index contributed by atoms with van der Waals surface area (Å²) >= 11 is 0. The molecule has 0 bridgehead atoms. The van der Waals surface area contributed by atoms with Gasteiger partial charge in [-0.2, -0.15) is 0 Å². The van der Waals surface area contributed by atoms with Crippen LogP contribution in [0.4, 0.5) is 10.5 Å². The monoisotopic (exact) mass is 843 g/mol. The summed E-state index contributed by atoms with van der Waals surface area (Å²) in [6.07, 6.45) is 2.40. The summed E-state index contributed by atoms with van der Waals surface area (Å²) in [5.74, 6) is 6.99. The molecule has 6 aromatic rings. The van der Waals surface area contributed by atoms with Crippen LogP contribution in [0.25, 0.3) is 43.7 Å². The van der Waals surface area contributed by atoms with Gasteiger partial charge in [0, 0.05) is 54.6 Å². The lowest BCUT2D eigenvalue weighted by Crippen LogP contribution is -2.51. The number of imidazole rings is 1. The maximum atomic E-state index is 14.0. The topological polar surface area (TPSA) is 155 Å². The van der Waals surface area contributed by atoms with Crippen molar-refractivity contribution >= 4 is 61.9 Å². The summed E-state index contributed by atoms with van der Waals surface area (Å²) in [5, 5.41) is 6.96. The second-order valence-corrected chi connectivity index (χ2v) is 17.4. The van der Waals surface area contributed by atoms with Gasteiger partial charge in [0.2, 0.25) is 11.8 Å². The number of rotatable bonds is 10. The molecule has 1 aromatic heterocycles. The van der Waals surface area contributed by atoms with Crippen LogP contribution < -0.4 is 11.1 Å². The summed E-state index contributed by atoms with van der Waals surface area (Å²) in [6, 6.07) is 27.0. The van der Waals surface area contributed by atoms with Crippen molar-refractivity contribution in [2.45, 2.75) is 70.6 Å². The molecule has 0 aliphatic carbocycles. The second kappa shape index (κ2) is 17.3. The Morgan fingerprint density at radius 1 is 0.921 bits per heavy atom. The van der Waals surface area contributed by atoms with E-state index < -0.39 is 18.2 Å². The first-order chi connectivity index (χ1) is 30.6. The predicted octanol–water partition coefficient (Wildman–Crippen LogP) is 8.14. The highest BCUT2D eigenvalue weighted by Gasteiger charge is 2.42. The largest absolute Gasteiger partial charge is 0.453 e. The van der Waals surface area contributed by atoms with Gasteiger partial charge in [0.1, 0.15) is 17.9 Å². The maximum Gasteiger partial charge on any atom is 0.407 e. The Labute approximate surface area is 367 Å². The molecule has 63 heavy (non-hydrogen) atoms. The summed E-state index contributed by atoms with van der Waals surface area (Å²) in [6.45, 7) is 7.39. The van der Waals surface area contributed by atoms with Gasteiger partial charge in [-0.05, 0) is 89.4 Å². The smallest absolute Gasteiger partial charge is 0.407 e. The van der Waals surface area contributed by atoms with Crippen LogP contribution in [0.2, 0.25) is 0 Å². The molecule has 0 unspecified atom stereocenters. The number of likely N-dealkylation sites (tertiary alicyclic amines) is 2. The standard InChI is InChI=1S/C51H53N7O5/c1-6-11-34-25-42-47(55-48(54-42)43-14-10-21-57(43)50(60)46(29(2)3)56-51(61)63-5)37-19-16-33(24-38(34)37)32-15-18-36-35(23-32)17-20-40-39(36)26-41(53-40)44-22-30(28-62-4)27-58(44)49(59)45(52)31-12-8-7-9-13-31/h7-9,12-13,15-20,23-25,29-30,43-46H,10,14,21-22,26-28,52H2,1-5H3,(H,54,55)(H,56,61)/t30-,43-,44-,45+,46-/m0/s1. The quantitative estimate of drug-likeness (QED) is 0.118. The number of carbonyl (C=O) groups is 3. The Morgan fingerprint density at radius 3 is 2.44 bits per heavy atom. The third-order valence-corrected chi connectivity index (χ3v) is 13.1. The Morgan fingerprint density at radius 2 is 1.70 bits per heavy atom. The number of nitrogens with zero attached hydrogens (tertiary/aromatic N) is 4. The molecule has 4 heterocycles. The number of hydrogen-bond donors (Lipinski definition) is 3. The van der Waals surface area contributed by atoms with Gasteiger partial charge in [-0.15, -0.1) is 5.92 Å². The number of nitrogens with two attached hydrogens (primary N) is 1. The number of amides is 3. The van der Waals surface area contributed by atoms with Gasteiger partial charge in [0.15, 0.2) is 0 Å². The average molecular weight is 844 g/mol. The zero-order valence-electron chi connectivity index (χ0n) is 36.4. The van der Waals surface area contributed by atoms with Gasteiger partial charge in [-0.1, -0.05) is 80.4 Å². The number of H-pyrrole nitrogens is 1. The lowest BCUT2D eigenvalue weighted by Gasteiger charge is -2.29. The normalized spacial score (nSPS) is 19.3. The van der Waals surface area contributed by atoms with Crippen LogP contribution in [-0.2, 0) is 25.5 Å². The zero-order chi connectivity index (χ0) is 43.9. The van der Waals surface area contributed by atoms with Gasteiger partial charge in [0.05, 0.1) is 42.5 Å². The SMILES string of the molecule is CC#Cc1cc2[nH]c([C@@H]3CCCN3C(=O)[C@@H](NC(=O)OC)C(C)C)nc2c2ccc(-c3ccc4c5c(ccc4c3)N=C([C@@H]3C[C@H](COC)CN3C(=O)[C@H](N)c3ccccc3)C5)cc12. The van der Waals surface area contributed by atoms with Crippen LogP contribution in [0, 0.1) is 23.7 Å². The number of aromatic nitrogens is 2. The molecular formula is C51H53N7O5. The highest BCUT2D eigenvalue weighted by atomic mass is 16.5. The number of nitrogens with one attached hydrogen (secondary N) is 2. The summed E-state index contributed by atoms with van der Waals surface area (Å²) in [7, 11) is 3.00. The molecule has 322 valence electrons. The fraction of sp³-hybridized carbons (Fsp3) is 0.353. The Balaban J connectivity index is 0.995. The maximum absolute atomic E-state index is 14.0. The van der Waals surface area contributed by atoms with E-state index in [4.69, 9.17) is 25.2 Å². The van der Waals surface area contributed by atoms with Crippen molar-refractivity contribution in [3.05, 3.63) is 107 Å². The third-order valence-electron chi connectivity index (χ3n) is 13.1. The first-order valence-electron chi connectivity index (χ1n) is 21.8. The van der Waals surface area contributed by atoms with E-state index in [1.165, 1.54) is 12.7 Å². The van der Waals surface area contributed by atoms with E-state index in [0.29, 0.717) is 26.1 Å². The molecule has 3 aliphatic rings. The van der Waals surface area contributed by atoms with Crippen LogP contribution in [0.15, 0.2) is 89.9 Å². The number of benzene rings is 5. The molecule has 0 saturated carbocycles. The number of hydrogen-bond acceptors (Lipinski definition) is 8. The minimum absolute atomic E-state index is 0.0894. The first kappa shape index (κ1) is 41.8. The fourth-order valence-electron chi connectivity index (χ4n) is 9.92. The van der Waals surface area contributed by atoms with Crippen molar-refractivity contribution in [2.75, 3.05) is 33.9 Å². The second-order valence-electron chi connectivity index (χ2n) is 17.4. The van der Waals surface area contributed by atoms with Crippen molar-refractivity contribution < 1.29 is 23.9 Å². The van der Waals surface area contributed by atoms with Crippen molar-refractivity contribution in [3.8, 4) is 23.0 Å². The van der Waals surface area contributed by atoms with Crippen LogP contribution in [0.5, 0.6) is 0 Å². The number of alkyl carbamates (subject to hydrolysis) is 1. The molecule has 0 spiro atoms. The van der Waals surface area contributed by atoms with E-state index in [9.17, 15) is 14.4 Å². The van der Waals surface area contributed by atoms with Gasteiger partial charge in [-0.25, -0.2) is 9.78 Å². The van der Waals surface area contributed by atoms with Crippen LogP contribution in [-0.4, -0.2) is 89.4 Å².